The number of imidazole rings is 1. The van der Waals surface area contributed by atoms with Gasteiger partial charge < -0.3 is 9.30 Å². The Labute approximate surface area is 106 Å². The molecule has 0 spiro atoms. The first-order valence-corrected chi connectivity index (χ1v) is 5.90. The fraction of sp³-hybridized carbons (Fsp3) is 0.286. The molecule has 1 aromatic carbocycles. The van der Waals surface area contributed by atoms with Crippen molar-refractivity contribution >= 4 is 5.97 Å². The van der Waals surface area contributed by atoms with E-state index in [-0.39, 0.29) is 12.5 Å². The molecule has 94 valence electrons. The van der Waals surface area contributed by atoms with Gasteiger partial charge in [-0.15, -0.1) is 0 Å². The van der Waals surface area contributed by atoms with Crippen molar-refractivity contribution in [3.63, 3.8) is 0 Å². The molecule has 2 aromatic rings. The number of aromatic nitrogens is 2. The van der Waals surface area contributed by atoms with Gasteiger partial charge in [-0.25, -0.2) is 4.98 Å². The van der Waals surface area contributed by atoms with Crippen LogP contribution >= 0.6 is 0 Å². The zero-order valence-electron chi connectivity index (χ0n) is 10.4. The van der Waals surface area contributed by atoms with Crippen molar-refractivity contribution in [3.05, 3.63) is 54.1 Å². The van der Waals surface area contributed by atoms with E-state index in [0.29, 0.717) is 0 Å². The largest absolute Gasteiger partial charge is 0.468 e. The van der Waals surface area contributed by atoms with E-state index in [1.807, 2.05) is 22.8 Å². The summed E-state index contributed by atoms with van der Waals surface area (Å²) >= 11 is 0. The number of rotatable bonds is 5. The molecule has 0 fully saturated rings. The van der Waals surface area contributed by atoms with Crippen LogP contribution in [0.25, 0.3) is 0 Å². The van der Waals surface area contributed by atoms with Crippen molar-refractivity contribution in [2.75, 3.05) is 7.11 Å². The topological polar surface area (TPSA) is 44.1 Å². The molecule has 0 unspecified atom stereocenters. The quantitative estimate of drug-likeness (QED) is 0.754. The second kappa shape index (κ2) is 6.00. The van der Waals surface area contributed by atoms with E-state index < -0.39 is 0 Å². The van der Waals surface area contributed by atoms with E-state index in [9.17, 15) is 4.79 Å². The molecule has 1 heterocycles. The number of carbonyl (C=O) groups excluding carboxylic acids is 1. The highest BCUT2D eigenvalue weighted by Gasteiger charge is 2.07. The molecule has 0 aliphatic carbocycles. The Hall–Kier alpha value is -2.10. The monoisotopic (exact) mass is 244 g/mol. The molecule has 0 amide bonds. The summed E-state index contributed by atoms with van der Waals surface area (Å²) in [6.45, 7) is 0.223. The van der Waals surface area contributed by atoms with E-state index in [0.717, 1.165) is 18.7 Å². The molecular weight excluding hydrogens is 228 g/mol. The minimum Gasteiger partial charge on any atom is -0.468 e. The summed E-state index contributed by atoms with van der Waals surface area (Å²) in [7, 11) is 1.39. The lowest BCUT2D eigenvalue weighted by Gasteiger charge is -2.06. The molecule has 18 heavy (non-hydrogen) atoms. The van der Waals surface area contributed by atoms with Crippen LogP contribution in [-0.4, -0.2) is 22.6 Å². The molecule has 2 rings (SSSR count). The van der Waals surface area contributed by atoms with Gasteiger partial charge in [0.1, 0.15) is 12.4 Å². The second-order valence-electron chi connectivity index (χ2n) is 4.03. The van der Waals surface area contributed by atoms with Crippen molar-refractivity contribution in [3.8, 4) is 0 Å². The van der Waals surface area contributed by atoms with Gasteiger partial charge in [0.15, 0.2) is 0 Å². The van der Waals surface area contributed by atoms with Gasteiger partial charge in [0.25, 0.3) is 0 Å². The van der Waals surface area contributed by atoms with Crippen LogP contribution in [0.2, 0.25) is 0 Å². The first-order chi connectivity index (χ1) is 8.79. The molecule has 4 nitrogen and oxygen atoms in total. The molecule has 4 heteroatoms. The number of nitrogens with zero attached hydrogens (tertiary/aromatic N) is 2. The molecule has 0 N–H and O–H groups in total. The highest BCUT2D eigenvalue weighted by Crippen LogP contribution is 2.06. The summed E-state index contributed by atoms with van der Waals surface area (Å²) in [5.41, 5.74) is 1.27. The standard InChI is InChI=1S/C14H16N2O2/c1-18-14(17)11-16-10-9-15-13(16)8-7-12-5-3-2-4-6-12/h2-6,9-10H,7-8,11H2,1H3. The second-order valence-corrected chi connectivity index (χ2v) is 4.03. The van der Waals surface area contributed by atoms with Gasteiger partial charge >= 0.3 is 5.97 Å². The van der Waals surface area contributed by atoms with Crippen LogP contribution in [0.1, 0.15) is 11.4 Å². The van der Waals surface area contributed by atoms with E-state index >= 15 is 0 Å². The van der Waals surface area contributed by atoms with Crippen molar-refractivity contribution in [2.24, 2.45) is 0 Å². The maximum absolute atomic E-state index is 11.2. The SMILES string of the molecule is COC(=O)Cn1ccnc1CCc1ccccc1. The molecule has 0 aliphatic heterocycles. The zero-order valence-corrected chi connectivity index (χ0v) is 10.4. The number of esters is 1. The van der Waals surface area contributed by atoms with Gasteiger partial charge in [0, 0.05) is 18.8 Å². The van der Waals surface area contributed by atoms with Gasteiger partial charge in [-0.1, -0.05) is 30.3 Å². The Balaban J connectivity index is 1.98. The molecule has 0 bridgehead atoms. The Kier molecular flexibility index (Phi) is 4.12. The van der Waals surface area contributed by atoms with Crippen molar-refractivity contribution in [1.29, 1.82) is 0 Å². The Morgan fingerprint density at radius 2 is 2.06 bits per heavy atom. The maximum atomic E-state index is 11.2. The van der Waals surface area contributed by atoms with E-state index in [1.54, 1.807) is 12.4 Å². The van der Waals surface area contributed by atoms with Crippen LogP contribution < -0.4 is 0 Å². The summed E-state index contributed by atoms with van der Waals surface area (Å²) in [4.78, 5) is 15.5. The lowest BCUT2D eigenvalue weighted by atomic mass is 10.1. The average molecular weight is 244 g/mol. The fourth-order valence-corrected chi connectivity index (χ4v) is 1.82. The predicted molar refractivity (Wildman–Crippen MR) is 68.1 cm³/mol. The molecule has 0 radical (unpaired) electrons. The van der Waals surface area contributed by atoms with Crippen LogP contribution in [0.3, 0.4) is 0 Å². The van der Waals surface area contributed by atoms with Gasteiger partial charge in [-0.2, -0.15) is 0 Å². The van der Waals surface area contributed by atoms with Crippen molar-refractivity contribution in [2.45, 2.75) is 19.4 Å². The van der Waals surface area contributed by atoms with Crippen LogP contribution in [0.15, 0.2) is 42.7 Å². The molecule has 0 saturated heterocycles. The zero-order chi connectivity index (χ0) is 12.8. The Bertz CT molecular complexity index is 506. The van der Waals surface area contributed by atoms with Crippen LogP contribution in [-0.2, 0) is 28.9 Å². The number of hydrogen-bond donors (Lipinski definition) is 0. The van der Waals surface area contributed by atoms with Gasteiger partial charge in [0.2, 0.25) is 0 Å². The molecule has 1 aromatic heterocycles. The summed E-state index contributed by atoms with van der Waals surface area (Å²) in [5, 5.41) is 0. The van der Waals surface area contributed by atoms with Crippen LogP contribution in [0.5, 0.6) is 0 Å². The number of benzene rings is 1. The lowest BCUT2D eigenvalue weighted by molar-refractivity contribution is -0.141. The maximum Gasteiger partial charge on any atom is 0.325 e. The number of aryl methyl sites for hydroxylation is 2. The summed E-state index contributed by atoms with van der Waals surface area (Å²) in [5.74, 6) is 0.651. The number of ether oxygens (including phenoxy) is 1. The Morgan fingerprint density at radius 3 is 2.78 bits per heavy atom. The number of methoxy groups -OCH3 is 1. The van der Waals surface area contributed by atoms with E-state index in [2.05, 4.69) is 21.9 Å². The third-order valence-electron chi connectivity index (χ3n) is 2.81. The molecule has 0 saturated carbocycles. The summed E-state index contributed by atoms with van der Waals surface area (Å²) < 4.78 is 6.48. The minimum atomic E-state index is -0.256. The smallest absolute Gasteiger partial charge is 0.325 e. The summed E-state index contributed by atoms with van der Waals surface area (Å²) in [6, 6.07) is 10.2. The van der Waals surface area contributed by atoms with Crippen LogP contribution in [0, 0.1) is 0 Å². The highest BCUT2D eigenvalue weighted by molar-refractivity contribution is 5.69. The third-order valence-corrected chi connectivity index (χ3v) is 2.81. The predicted octanol–water partition coefficient (Wildman–Crippen LogP) is 1.84. The van der Waals surface area contributed by atoms with E-state index in [4.69, 9.17) is 0 Å². The Morgan fingerprint density at radius 1 is 1.28 bits per heavy atom. The molecule has 0 atom stereocenters. The average Bonchev–Trinajstić information content (AvgIpc) is 2.84. The normalized spacial score (nSPS) is 10.3. The first-order valence-electron chi connectivity index (χ1n) is 5.90. The summed E-state index contributed by atoms with van der Waals surface area (Å²) in [6.07, 6.45) is 5.24. The van der Waals surface area contributed by atoms with Gasteiger partial charge in [-0.05, 0) is 12.0 Å². The van der Waals surface area contributed by atoms with Gasteiger partial charge in [0.05, 0.1) is 7.11 Å². The number of carbonyl (C=O) groups is 1. The highest BCUT2D eigenvalue weighted by atomic mass is 16.5. The molecule has 0 aliphatic rings. The van der Waals surface area contributed by atoms with Gasteiger partial charge in [-0.3, -0.25) is 4.79 Å². The molecular formula is C14H16N2O2. The van der Waals surface area contributed by atoms with Crippen LogP contribution in [0.4, 0.5) is 0 Å². The number of hydrogen-bond acceptors (Lipinski definition) is 3. The minimum absolute atomic E-state index is 0.223. The third kappa shape index (κ3) is 3.20. The fourth-order valence-electron chi connectivity index (χ4n) is 1.82. The first kappa shape index (κ1) is 12.4. The van der Waals surface area contributed by atoms with E-state index in [1.165, 1.54) is 12.7 Å². The van der Waals surface area contributed by atoms with Crippen molar-refractivity contribution < 1.29 is 9.53 Å². The van der Waals surface area contributed by atoms with Crippen molar-refractivity contribution in [1.82, 2.24) is 9.55 Å². The lowest BCUT2D eigenvalue weighted by Crippen LogP contribution is -2.13.